The Hall–Kier alpha value is -3.43. The van der Waals surface area contributed by atoms with E-state index in [0.29, 0.717) is 0 Å². The highest BCUT2D eigenvalue weighted by Gasteiger charge is 2.32. The van der Waals surface area contributed by atoms with E-state index in [0.717, 1.165) is 14.8 Å². The Morgan fingerprint density at radius 3 is 2.31 bits per heavy atom. The van der Waals surface area contributed by atoms with Crippen LogP contribution in [0.2, 0.25) is 5.02 Å². The Bertz CT molecular complexity index is 1350. The van der Waals surface area contributed by atoms with Gasteiger partial charge in [0.15, 0.2) is 0 Å². The van der Waals surface area contributed by atoms with E-state index < -0.39 is 40.2 Å². The number of anilines is 1. The zero-order chi connectivity index (χ0) is 26.5. The van der Waals surface area contributed by atoms with Gasteiger partial charge in [-0.25, -0.2) is 12.8 Å². The number of likely N-dealkylation sites (N-methyl/N-ethyl adjacent to an activating group) is 1. The molecule has 1 N–H and O–H groups in total. The number of sulfonamides is 1. The predicted molar refractivity (Wildman–Crippen MR) is 138 cm³/mol. The van der Waals surface area contributed by atoms with Gasteiger partial charge in [-0.3, -0.25) is 13.9 Å². The second-order valence-electron chi connectivity index (χ2n) is 8.21. The first-order valence-electron chi connectivity index (χ1n) is 11.1. The number of nitrogens with zero attached hydrogens (tertiary/aromatic N) is 2. The average Bonchev–Trinajstić information content (AvgIpc) is 2.85. The Labute approximate surface area is 215 Å². The van der Waals surface area contributed by atoms with Crippen molar-refractivity contribution >= 4 is 39.1 Å². The van der Waals surface area contributed by atoms with Gasteiger partial charge in [-0.05, 0) is 50.2 Å². The number of hydrogen-bond donors (Lipinski definition) is 1. The molecule has 3 aromatic carbocycles. The Morgan fingerprint density at radius 2 is 1.69 bits per heavy atom. The molecule has 1 atom stereocenters. The second-order valence-corrected chi connectivity index (χ2v) is 10.5. The number of halogens is 2. The molecule has 0 bridgehead atoms. The predicted octanol–water partition coefficient (Wildman–Crippen LogP) is 4.15. The molecule has 0 aliphatic carbocycles. The molecule has 2 amide bonds. The number of hydrogen-bond acceptors (Lipinski definition) is 4. The van der Waals surface area contributed by atoms with Crippen LogP contribution in [0.25, 0.3) is 0 Å². The van der Waals surface area contributed by atoms with Gasteiger partial charge in [0.05, 0.1) is 10.6 Å². The first-order chi connectivity index (χ1) is 17.0. The molecular weight excluding hydrogens is 505 g/mol. The van der Waals surface area contributed by atoms with Gasteiger partial charge >= 0.3 is 0 Å². The SMILES string of the molecule is CNC(=O)[C@@H](C)N(Cc1ccccc1F)C(=O)CN(c1cccc(Cl)c1)S(=O)(=O)c1ccc(C)cc1. The number of carbonyl (C=O) groups excluding carboxylic acids is 2. The highest BCUT2D eigenvalue weighted by Crippen LogP contribution is 2.27. The summed E-state index contributed by atoms with van der Waals surface area (Å²) in [6.45, 7) is 2.46. The number of nitrogens with one attached hydrogen (secondary N) is 1. The summed E-state index contributed by atoms with van der Waals surface area (Å²) in [6, 6.07) is 17.2. The molecule has 10 heteroatoms. The molecule has 0 saturated heterocycles. The highest BCUT2D eigenvalue weighted by molar-refractivity contribution is 7.92. The fourth-order valence-corrected chi connectivity index (χ4v) is 5.19. The summed E-state index contributed by atoms with van der Waals surface area (Å²) in [5, 5.41) is 2.76. The van der Waals surface area contributed by atoms with Crippen molar-refractivity contribution in [2.75, 3.05) is 17.9 Å². The summed E-state index contributed by atoms with van der Waals surface area (Å²) < 4.78 is 42.7. The van der Waals surface area contributed by atoms with Crippen LogP contribution in [0.3, 0.4) is 0 Å². The first kappa shape index (κ1) is 27.2. The van der Waals surface area contributed by atoms with Crippen molar-refractivity contribution in [1.82, 2.24) is 10.2 Å². The van der Waals surface area contributed by atoms with Crippen LogP contribution < -0.4 is 9.62 Å². The van der Waals surface area contributed by atoms with Crippen LogP contribution in [0, 0.1) is 12.7 Å². The Balaban J connectivity index is 2.05. The van der Waals surface area contributed by atoms with Crippen LogP contribution in [0.5, 0.6) is 0 Å². The van der Waals surface area contributed by atoms with Crippen molar-refractivity contribution in [3.63, 3.8) is 0 Å². The smallest absolute Gasteiger partial charge is 0.264 e. The quantitative estimate of drug-likeness (QED) is 0.449. The van der Waals surface area contributed by atoms with Crippen molar-refractivity contribution in [3.05, 3.63) is 94.8 Å². The minimum atomic E-state index is -4.20. The molecule has 0 aliphatic rings. The third kappa shape index (κ3) is 6.22. The fourth-order valence-electron chi connectivity index (χ4n) is 3.60. The van der Waals surface area contributed by atoms with Crippen LogP contribution in [0.15, 0.2) is 77.7 Å². The van der Waals surface area contributed by atoms with E-state index in [4.69, 9.17) is 11.6 Å². The van der Waals surface area contributed by atoms with Gasteiger partial charge < -0.3 is 10.2 Å². The largest absolute Gasteiger partial charge is 0.357 e. The van der Waals surface area contributed by atoms with Crippen molar-refractivity contribution < 1.29 is 22.4 Å². The maximum atomic E-state index is 14.4. The molecule has 0 heterocycles. The summed E-state index contributed by atoms with van der Waals surface area (Å²) >= 11 is 6.13. The molecule has 0 aliphatic heterocycles. The topological polar surface area (TPSA) is 86.8 Å². The molecule has 7 nitrogen and oxygen atoms in total. The molecule has 3 rings (SSSR count). The van der Waals surface area contributed by atoms with Crippen LogP contribution in [-0.2, 0) is 26.2 Å². The van der Waals surface area contributed by atoms with E-state index in [2.05, 4.69) is 5.32 Å². The number of carbonyl (C=O) groups is 2. The minimum absolute atomic E-state index is 0.0131. The maximum Gasteiger partial charge on any atom is 0.264 e. The molecule has 0 saturated carbocycles. The van der Waals surface area contributed by atoms with Gasteiger partial charge in [-0.2, -0.15) is 0 Å². The number of amides is 2. The Kier molecular flexibility index (Phi) is 8.70. The number of benzene rings is 3. The van der Waals surface area contributed by atoms with E-state index in [1.54, 1.807) is 30.3 Å². The normalized spacial score (nSPS) is 12.0. The average molecular weight is 532 g/mol. The van der Waals surface area contributed by atoms with Gasteiger partial charge in [0.1, 0.15) is 18.4 Å². The van der Waals surface area contributed by atoms with Crippen LogP contribution in [0.4, 0.5) is 10.1 Å². The number of rotatable bonds is 9. The number of aryl methyl sites for hydroxylation is 1. The molecule has 0 radical (unpaired) electrons. The van der Waals surface area contributed by atoms with E-state index in [1.165, 1.54) is 56.4 Å². The maximum absolute atomic E-state index is 14.4. The van der Waals surface area contributed by atoms with Crippen molar-refractivity contribution in [3.8, 4) is 0 Å². The highest BCUT2D eigenvalue weighted by atomic mass is 35.5. The molecular formula is C26H27ClFN3O4S. The Morgan fingerprint density at radius 1 is 1.03 bits per heavy atom. The van der Waals surface area contributed by atoms with E-state index in [1.807, 2.05) is 6.92 Å². The van der Waals surface area contributed by atoms with Gasteiger partial charge in [0, 0.05) is 24.2 Å². The summed E-state index contributed by atoms with van der Waals surface area (Å²) in [6.07, 6.45) is 0. The van der Waals surface area contributed by atoms with Crippen molar-refractivity contribution in [2.24, 2.45) is 0 Å². The lowest BCUT2D eigenvalue weighted by molar-refractivity contribution is -0.139. The third-order valence-electron chi connectivity index (χ3n) is 5.70. The van der Waals surface area contributed by atoms with Crippen molar-refractivity contribution in [2.45, 2.75) is 31.3 Å². The van der Waals surface area contributed by atoms with E-state index in [-0.39, 0.29) is 27.7 Å². The molecule has 190 valence electrons. The first-order valence-corrected chi connectivity index (χ1v) is 13.0. The third-order valence-corrected chi connectivity index (χ3v) is 7.72. The zero-order valence-electron chi connectivity index (χ0n) is 20.1. The van der Waals surface area contributed by atoms with Crippen LogP contribution >= 0.6 is 11.6 Å². The lowest BCUT2D eigenvalue weighted by Crippen LogP contribution is -2.50. The molecule has 0 spiro atoms. The van der Waals surface area contributed by atoms with Crippen molar-refractivity contribution in [1.29, 1.82) is 0 Å². The standard InChI is InChI=1S/C26H27ClFN3O4S/c1-18-11-13-23(14-12-18)36(34,35)31(22-9-6-8-21(27)15-22)17-25(32)30(19(2)26(33)29-3)16-20-7-4-5-10-24(20)28/h4-15,19H,16-17H2,1-3H3,(H,29,33)/t19-/m1/s1. The summed E-state index contributed by atoms with van der Waals surface area (Å²) in [5.41, 5.74) is 1.24. The van der Waals surface area contributed by atoms with Crippen LogP contribution in [-0.4, -0.2) is 44.8 Å². The summed E-state index contributed by atoms with van der Waals surface area (Å²) in [5.74, 6) is -1.71. The van der Waals surface area contributed by atoms with Gasteiger partial charge in [-0.1, -0.05) is 53.6 Å². The monoisotopic (exact) mass is 531 g/mol. The minimum Gasteiger partial charge on any atom is -0.357 e. The lowest BCUT2D eigenvalue weighted by Gasteiger charge is -2.32. The zero-order valence-corrected chi connectivity index (χ0v) is 21.7. The molecule has 0 fully saturated rings. The van der Waals surface area contributed by atoms with Crippen LogP contribution in [0.1, 0.15) is 18.1 Å². The molecule has 3 aromatic rings. The van der Waals surface area contributed by atoms with E-state index >= 15 is 0 Å². The molecule has 0 unspecified atom stereocenters. The second kappa shape index (κ2) is 11.5. The van der Waals surface area contributed by atoms with E-state index in [9.17, 15) is 22.4 Å². The lowest BCUT2D eigenvalue weighted by atomic mass is 10.1. The molecule has 0 aromatic heterocycles. The fraction of sp³-hybridized carbons (Fsp3) is 0.231. The van der Waals surface area contributed by atoms with Gasteiger partial charge in [0.2, 0.25) is 11.8 Å². The molecule has 36 heavy (non-hydrogen) atoms. The van der Waals surface area contributed by atoms with Gasteiger partial charge in [-0.15, -0.1) is 0 Å². The summed E-state index contributed by atoms with van der Waals surface area (Å²) in [7, 11) is -2.77. The van der Waals surface area contributed by atoms with Gasteiger partial charge in [0.25, 0.3) is 10.0 Å². The summed E-state index contributed by atoms with van der Waals surface area (Å²) in [4.78, 5) is 27.2.